The quantitative estimate of drug-likeness (QED) is 0.797. The molecular weight excluding hydrogens is 298 g/mol. The van der Waals surface area contributed by atoms with Gasteiger partial charge in [-0.3, -0.25) is 4.79 Å². The topological polar surface area (TPSA) is 29.5 Å². The third-order valence-corrected chi connectivity index (χ3v) is 3.58. The van der Waals surface area contributed by atoms with Gasteiger partial charge in [-0.1, -0.05) is 23.4 Å². The molecule has 0 spiro atoms. The summed E-state index contributed by atoms with van der Waals surface area (Å²) in [4.78, 5) is 13.3. The summed E-state index contributed by atoms with van der Waals surface area (Å²) in [5.74, 6) is 7.43. The number of benzene rings is 1. The molecule has 0 aliphatic carbocycles. The minimum Gasteiger partial charge on any atom is -0.493 e. The van der Waals surface area contributed by atoms with Gasteiger partial charge in [0.2, 0.25) is 5.91 Å². The van der Waals surface area contributed by atoms with Crippen LogP contribution in [0.1, 0.15) is 32.8 Å². The molecule has 1 aromatic rings. The van der Waals surface area contributed by atoms with Crippen LogP contribution in [0.4, 0.5) is 0 Å². The summed E-state index contributed by atoms with van der Waals surface area (Å²) in [7, 11) is 1.82. The lowest BCUT2D eigenvalue weighted by Gasteiger charge is -2.12. The fraction of sp³-hybridized carbons (Fsp3) is 0.500. The van der Waals surface area contributed by atoms with Crippen molar-refractivity contribution in [3.05, 3.63) is 28.8 Å². The zero-order valence-corrected chi connectivity index (χ0v) is 14.3. The van der Waals surface area contributed by atoms with Gasteiger partial charge in [0.25, 0.3) is 0 Å². The van der Waals surface area contributed by atoms with Crippen molar-refractivity contribution in [3.8, 4) is 17.6 Å². The molecular formula is C18H22ClNO2. The molecule has 3 nitrogen and oxygen atoms in total. The van der Waals surface area contributed by atoms with Crippen molar-refractivity contribution in [2.24, 2.45) is 11.3 Å². The van der Waals surface area contributed by atoms with Crippen LogP contribution in [-0.2, 0) is 4.79 Å². The third-order valence-electron chi connectivity index (χ3n) is 3.36. The second-order valence-electron chi connectivity index (χ2n) is 6.83. The van der Waals surface area contributed by atoms with Crippen LogP contribution < -0.4 is 4.74 Å². The fourth-order valence-electron chi connectivity index (χ4n) is 2.26. The van der Waals surface area contributed by atoms with Crippen molar-refractivity contribution in [1.82, 2.24) is 4.90 Å². The van der Waals surface area contributed by atoms with Crippen LogP contribution in [0.3, 0.4) is 0 Å². The Morgan fingerprint density at radius 3 is 2.68 bits per heavy atom. The van der Waals surface area contributed by atoms with Crippen molar-refractivity contribution in [1.29, 1.82) is 0 Å². The van der Waals surface area contributed by atoms with E-state index in [2.05, 4.69) is 32.6 Å². The zero-order valence-electron chi connectivity index (χ0n) is 13.6. The Kier molecular flexibility index (Phi) is 5.03. The largest absolute Gasteiger partial charge is 0.493 e. The molecule has 1 amide bonds. The Bertz CT molecular complexity index is 622. The lowest BCUT2D eigenvalue weighted by molar-refractivity contribution is -0.126. The maximum atomic E-state index is 11.5. The fourth-order valence-corrected chi connectivity index (χ4v) is 2.49. The summed E-state index contributed by atoms with van der Waals surface area (Å²) < 4.78 is 5.81. The first kappa shape index (κ1) is 16.7. The highest BCUT2D eigenvalue weighted by Crippen LogP contribution is 2.23. The standard InChI is InChI=1S/C18H22ClNO2/c1-18(2,3)6-5-13-7-15(19)10-16(8-13)22-12-14-9-17(21)20(4)11-14/h7-8,10,14H,9,11-12H2,1-4H3. The van der Waals surface area contributed by atoms with Gasteiger partial charge in [0.05, 0.1) is 6.61 Å². The molecule has 1 heterocycles. The Morgan fingerprint density at radius 2 is 2.09 bits per heavy atom. The van der Waals surface area contributed by atoms with Gasteiger partial charge in [-0.05, 0) is 39.0 Å². The molecule has 4 heteroatoms. The van der Waals surface area contributed by atoms with Crippen molar-refractivity contribution >= 4 is 17.5 Å². The van der Waals surface area contributed by atoms with E-state index < -0.39 is 0 Å². The first-order chi connectivity index (χ1) is 10.2. The molecule has 0 aromatic heterocycles. The van der Waals surface area contributed by atoms with Crippen molar-refractivity contribution in [3.63, 3.8) is 0 Å². The monoisotopic (exact) mass is 319 g/mol. The number of hydrogen-bond donors (Lipinski definition) is 0. The van der Waals surface area contributed by atoms with Crippen LogP contribution in [-0.4, -0.2) is 31.0 Å². The molecule has 1 saturated heterocycles. The molecule has 1 unspecified atom stereocenters. The number of ether oxygens (including phenoxy) is 1. The highest BCUT2D eigenvalue weighted by molar-refractivity contribution is 6.30. The first-order valence-corrected chi connectivity index (χ1v) is 7.81. The molecule has 1 aliphatic rings. The van der Waals surface area contributed by atoms with Crippen LogP contribution in [0.5, 0.6) is 5.75 Å². The van der Waals surface area contributed by atoms with E-state index in [0.717, 1.165) is 12.1 Å². The summed E-state index contributed by atoms with van der Waals surface area (Å²) in [6.07, 6.45) is 0.549. The Hall–Kier alpha value is -1.66. The molecule has 0 saturated carbocycles. The normalized spacial score (nSPS) is 18.1. The third kappa shape index (κ3) is 4.96. The van der Waals surface area contributed by atoms with Crippen molar-refractivity contribution in [2.75, 3.05) is 20.2 Å². The maximum absolute atomic E-state index is 11.5. The summed E-state index contributed by atoms with van der Waals surface area (Å²) in [5, 5.41) is 0.607. The second-order valence-corrected chi connectivity index (χ2v) is 7.27. The van der Waals surface area contributed by atoms with Gasteiger partial charge in [-0.2, -0.15) is 0 Å². The van der Waals surface area contributed by atoms with Gasteiger partial charge in [0, 0.05) is 41.9 Å². The molecule has 0 bridgehead atoms. The van der Waals surface area contributed by atoms with Crippen LogP contribution >= 0.6 is 11.6 Å². The number of carbonyl (C=O) groups excluding carboxylic acids is 1. The van der Waals surface area contributed by atoms with E-state index in [1.807, 2.05) is 19.2 Å². The predicted octanol–water partition coefficient (Wildman–Crippen LogP) is 3.59. The highest BCUT2D eigenvalue weighted by atomic mass is 35.5. The smallest absolute Gasteiger partial charge is 0.222 e. The van der Waals surface area contributed by atoms with E-state index in [0.29, 0.717) is 23.8 Å². The first-order valence-electron chi connectivity index (χ1n) is 7.43. The average molecular weight is 320 g/mol. The molecule has 0 radical (unpaired) electrons. The lowest BCUT2D eigenvalue weighted by atomic mass is 9.97. The number of rotatable bonds is 3. The van der Waals surface area contributed by atoms with Gasteiger partial charge in [0.15, 0.2) is 0 Å². The predicted molar refractivity (Wildman–Crippen MR) is 89.0 cm³/mol. The summed E-state index contributed by atoms with van der Waals surface area (Å²) in [6, 6.07) is 5.51. The van der Waals surface area contributed by atoms with Gasteiger partial charge in [-0.15, -0.1) is 0 Å². The van der Waals surface area contributed by atoms with Crippen molar-refractivity contribution in [2.45, 2.75) is 27.2 Å². The van der Waals surface area contributed by atoms with Crippen LogP contribution in [0, 0.1) is 23.2 Å². The van der Waals surface area contributed by atoms with Crippen molar-refractivity contribution < 1.29 is 9.53 Å². The molecule has 1 aliphatic heterocycles. The molecule has 2 rings (SSSR count). The number of carbonyl (C=O) groups is 1. The zero-order chi connectivity index (χ0) is 16.3. The van der Waals surface area contributed by atoms with E-state index >= 15 is 0 Å². The summed E-state index contributed by atoms with van der Waals surface area (Å²) >= 11 is 6.13. The lowest BCUT2D eigenvalue weighted by Crippen LogP contribution is -2.20. The Morgan fingerprint density at radius 1 is 1.36 bits per heavy atom. The molecule has 0 N–H and O–H groups in total. The van der Waals surface area contributed by atoms with E-state index in [1.54, 1.807) is 11.0 Å². The van der Waals surface area contributed by atoms with Crippen LogP contribution in [0.25, 0.3) is 0 Å². The number of amides is 1. The molecule has 22 heavy (non-hydrogen) atoms. The van der Waals surface area contributed by atoms with Gasteiger partial charge in [0.1, 0.15) is 5.75 Å². The number of likely N-dealkylation sites (tertiary alicyclic amines) is 1. The van der Waals surface area contributed by atoms with Gasteiger partial charge < -0.3 is 9.64 Å². The van der Waals surface area contributed by atoms with E-state index in [4.69, 9.17) is 16.3 Å². The van der Waals surface area contributed by atoms with E-state index in [-0.39, 0.29) is 17.2 Å². The second kappa shape index (κ2) is 6.62. The highest BCUT2D eigenvalue weighted by Gasteiger charge is 2.27. The number of hydrogen-bond acceptors (Lipinski definition) is 2. The molecule has 118 valence electrons. The average Bonchev–Trinajstić information content (AvgIpc) is 2.72. The minimum absolute atomic E-state index is 0.0574. The number of halogens is 1. The Labute approximate surface area is 137 Å². The molecule has 1 atom stereocenters. The summed E-state index contributed by atoms with van der Waals surface area (Å²) in [6.45, 7) is 7.46. The van der Waals surface area contributed by atoms with Crippen LogP contribution in [0.2, 0.25) is 5.02 Å². The summed E-state index contributed by atoms with van der Waals surface area (Å²) in [5.41, 5.74) is 0.787. The Balaban J connectivity index is 2.04. The minimum atomic E-state index is -0.0574. The van der Waals surface area contributed by atoms with E-state index in [1.165, 1.54) is 0 Å². The van der Waals surface area contributed by atoms with E-state index in [9.17, 15) is 4.79 Å². The SMILES string of the molecule is CN1CC(COc2cc(Cl)cc(C#CC(C)(C)C)c2)CC1=O. The number of nitrogens with zero attached hydrogens (tertiary/aromatic N) is 1. The van der Waals surface area contributed by atoms with Crippen LogP contribution in [0.15, 0.2) is 18.2 Å². The maximum Gasteiger partial charge on any atom is 0.222 e. The van der Waals surface area contributed by atoms with Gasteiger partial charge in [-0.25, -0.2) is 0 Å². The molecule has 1 aromatic carbocycles. The van der Waals surface area contributed by atoms with Gasteiger partial charge >= 0.3 is 0 Å². The molecule has 1 fully saturated rings.